The molecule has 0 aliphatic heterocycles. The van der Waals surface area contributed by atoms with E-state index >= 15 is 0 Å². The molecule has 0 spiro atoms. The Bertz CT molecular complexity index is 466. The highest BCUT2D eigenvalue weighted by Gasteiger charge is 2.34. The zero-order chi connectivity index (χ0) is 14.5. The van der Waals surface area contributed by atoms with Crippen LogP contribution in [0.1, 0.15) is 39.5 Å². The molecule has 1 aromatic rings. The molecule has 1 N–H and O–H groups in total. The molecule has 0 saturated heterocycles. The lowest BCUT2D eigenvalue weighted by Gasteiger charge is -2.35. The number of halogens is 1. The molecule has 1 aliphatic carbocycles. The lowest BCUT2D eigenvalue weighted by Crippen LogP contribution is -2.46. The van der Waals surface area contributed by atoms with Crippen LogP contribution in [0.2, 0.25) is 5.02 Å². The van der Waals surface area contributed by atoms with Gasteiger partial charge in [0, 0.05) is 6.04 Å². The maximum Gasteiger partial charge on any atom is 0.0591 e. The van der Waals surface area contributed by atoms with Crippen molar-refractivity contribution >= 4 is 22.4 Å². The molecule has 0 radical (unpaired) electrons. The minimum absolute atomic E-state index is 0.175. The fraction of sp³-hybridized carbons (Fsp3) is 0.625. The third-order valence-corrected chi connectivity index (χ3v) is 6.57. The molecule has 1 fully saturated rings. The van der Waals surface area contributed by atoms with Gasteiger partial charge in [-0.25, -0.2) is 0 Å². The van der Waals surface area contributed by atoms with Gasteiger partial charge in [0.25, 0.3) is 0 Å². The minimum Gasteiger partial charge on any atom is -0.313 e. The number of hydrogen-bond donors (Lipinski definition) is 1. The van der Waals surface area contributed by atoms with Crippen molar-refractivity contribution in [1.82, 2.24) is 5.32 Å². The van der Waals surface area contributed by atoms with Crippen molar-refractivity contribution in [2.24, 2.45) is 5.92 Å². The molecule has 1 aromatic carbocycles. The number of nitrogens with one attached hydrogen (secondary N) is 1. The monoisotopic (exact) mass is 313 g/mol. The maximum absolute atomic E-state index is 13.0. The first-order valence-corrected chi connectivity index (χ1v) is 9.14. The molecule has 4 heteroatoms. The summed E-state index contributed by atoms with van der Waals surface area (Å²) in [5.41, 5.74) is 0. The van der Waals surface area contributed by atoms with Gasteiger partial charge in [-0.1, -0.05) is 44.0 Å². The lowest BCUT2D eigenvalue weighted by molar-refractivity contribution is 0.294. The van der Waals surface area contributed by atoms with Gasteiger partial charge in [-0.3, -0.25) is 4.21 Å². The average Bonchev–Trinajstić information content (AvgIpc) is 2.48. The topological polar surface area (TPSA) is 29.1 Å². The van der Waals surface area contributed by atoms with Gasteiger partial charge in [0.1, 0.15) is 0 Å². The Morgan fingerprint density at radius 2 is 2.05 bits per heavy atom. The van der Waals surface area contributed by atoms with Gasteiger partial charge in [-0.15, -0.1) is 0 Å². The highest BCUT2D eigenvalue weighted by Crippen LogP contribution is 2.33. The van der Waals surface area contributed by atoms with Crippen molar-refractivity contribution < 1.29 is 4.21 Å². The van der Waals surface area contributed by atoms with E-state index in [1.807, 2.05) is 24.3 Å². The fourth-order valence-electron chi connectivity index (χ4n) is 3.09. The second-order valence-corrected chi connectivity index (χ2v) is 7.57. The van der Waals surface area contributed by atoms with E-state index in [1.54, 1.807) is 0 Å². The molecule has 20 heavy (non-hydrogen) atoms. The van der Waals surface area contributed by atoms with Crippen LogP contribution in [-0.4, -0.2) is 22.0 Å². The summed E-state index contributed by atoms with van der Waals surface area (Å²) >= 11 is 6.22. The number of rotatable bonds is 5. The van der Waals surface area contributed by atoms with Crippen LogP contribution in [0.3, 0.4) is 0 Å². The summed E-state index contributed by atoms with van der Waals surface area (Å²) in [5, 5.41) is 4.31. The smallest absolute Gasteiger partial charge is 0.0591 e. The van der Waals surface area contributed by atoms with Crippen LogP contribution in [0.5, 0.6) is 0 Å². The standard InChI is InChI=1S/C16H24ClNOS/c1-3-12-9-10-14(18-4-2)16(11-12)20(19)15-8-6-5-7-13(15)17/h5-8,12,14,16,18H,3-4,9-11H2,1-2H3. The van der Waals surface area contributed by atoms with Crippen molar-refractivity contribution in [1.29, 1.82) is 0 Å². The van der Waals surface area contributed by atoms with E-state index in [0.717, 1.165) is 24.3 Å². The van der Waals surface area contributed by atoms with Gasteiger partial charge < -0.3 is 5.32 Å². The first-order chi connectivity index (χ1) is 9.67. The average molecular weight is 314 g/mol. The Balaban J connectivity index is 2.21. The van der Waals surface area contributed by atoms with Gasteiger partial charge >= 0.3 is 0 Å². The molecule has 0 amide bonds. The summed E-state index contributed by atoms with van der Waals surface area (Å²) in [6.07, 6.45) is 4.57. The zero-order valence-corrected chi connectivity index (χ0v) is 13.8. The first-order valence-electron chi connectivity index (χ1n) is 7.55. The van der Waals surface area contributed by atoms with Gasteiger partial charge in [-0.2, -0.15) is 0 Å². The normalized spacial score (nSPS) is 28.2. The first kappa shape index (κ1) is 16.0. The Morgan fingerprint density at radius 3 is 2.70 bits per heavy atom. The van der Waals surface area contributed by atoms with Crippen LogP contribution >= 0.6 is 11.6 Å². The Morgan fingerprint density at radius 1 is 1.30 bits per heavy atom. The van der Waals surface area contributed by atoms with Crippen molar-refractivity contribution in [3.05, 3.63) is 29.3 Å². The summed E-state index contributed by atoms with van der Waals surface area (Å²) in [6.45, 7) is 5.27. The largest absolute Gasteiger partial charge is 0.313 e. The lowest BCUT2D eigenvalue weighted by atomic mass is 9.84. The van der Waals surface area contributed by atoms with Crippen molar-refractivity contribution in [2.45, 2.75) is 55.7 Å². The van der Waals surface area contributed by atoms with Gasteiger partial charge in [-0.05, 0) is 43.9 Å². The predicted octanol–water partition coefficient (Wildman–Crippen LogP) is 4.00. The number of hydrogen-bond acceptors (Lipinski definition) is 2. The molecule has 0 heterocycles. The summed E-state index contributed by atoms with van der Waals surface area (Å²) in [4.78, 5) is 0.791. The van der Waals surface area contributed by atoms with E-state index in [4.69, 9.17) is 11.6 Å². The molecular weight excluding hydrogens is 290 g/mol. The quantitative estimate of drug-likeness (QED) is 0.890. The second-order valence-electron chi connectivity index (χ2n) is 5.52. The predicted molar refractivity (Wildman–Crippen MR) is 86.7 cm³/mol. The third kappa shape index (κ3) is 3.63. The van der Waals surface area contributed by atoms with Crippen LogP contribution < -0.4 is 5.32 Å². The van der Waals surface area contributed by atoms with Crippen molar-refractivity contribution in [3.8, 4) is 0 Å². The molecule has 1 aliphatic rings. The molecular formula is C16H24ClNOS. The van der Waals surface area contributed by atoms with Crippen LogP contribution in [-0.2, 0) is 10.8 Å². The van der Waals surface area contributed by atoms with E-state index in [-0.39, 0.29) is 5.25 Å². The second kappa shape index (κ2) is 7.58. The van der Waals surface area contributed by atoms with Crippen molar-refractivity contribution in [3.63, 3.8) is 0 Å². The van der Waals surface area contributed by atoms with E-state index in [2.05, 4.69) is 19.2 Å². The summed E-state index contributed by atoms with van der Waals surface area (Å²) in [6, 6.07) is 7.89. The molecule has 4 atom stereocenters. The Hall–Kier alpha value is -0.380. The Labute approximate surface area is 129 Å². The molecule has 0 bridgehead atoms. The summed E-state index contributed by atoms with van der Waals surface area (Å²) < 4.78 is 13.0. The SMILES string of the molecule is CCNC1CCC(CC)CC1S(=O)c1ccccc1Cl. The molecule has 2 nitrogen and oxygen atoms in total. The molecule has 2 rings (SSSR count). The van der Waals surface area contributed by atoms with Crippen LogP contribution in [0.15, 0.2) is 29.2 Å². The Kier molecular flexibility index (Phi) is 6.06. The molecule has 112 valence electrons. The van der Waals surface area contributed by atoms with Gasteiger partial charge in [0.2, 0.25) is 0 Å². The van der Waals surface area contributed by atoms with E-state index in [1.165, 1.54) is 12.8 Å². The highest BCUT2D eigenvalue weighted by atomic mass is 35.5. The van der Waals surface area contributed by atoms with E-state index < -0.39 is 10.8 Å². The van der Waals surface area contributed by atoms with Crippen LogP contribution in [0.4, 0.5) is 0 Å². The van der Waals surface area contributed by atoms with Gasteiger partial charge in [0.05, 0.1) is 26.0 Å². The van der Waals surface area contributed by atoms with Crippen LogP contribution in [0.25, 0.3) is 0 Å². The highest BCUT2D eigenvalue weighted by molar-refractivity contribution is 7.85. The summed E-state index contributed by atoms with van der Waals surface area (Å²) in [5.74, 6) is 0.696. The minimum atomic E-state index is -1.03. The summed E-state index contributed by atoms with van der Waals surface area (Å²) in [7, 11) is -1.03. The van der Waals surface area contributed by atoms with E-state index in [0.29, 0.717) is 17.0 Å². The van der Waals surface area contributed by atoms with Crippen molar-refractivity contribution in [2.75, 3.05) is 6.54 Å². The van der Waals surface area contributed by atoms with Gasteiger partial charge in [0.15, 0.2) is 0 Å². The molecule has 0 aromatic heterocycles. The number of benzene rings is 1. The third-order valence-electron chi connectivity index (χ3n) is 4.27. The zero-order valence-electron chi connectivity index (χ0n) is 12.3. The molecule has 4 unspecified atom stereocenters. The van der Waals surface area contributed by atoms with Crippen LogP contribution in [0, 0.1) is 5.92 Å². The maximum atomic E-state index is 13.0. The molecule has 1 saturated carbocycles. The fourth-order valence-corrected chi connectivity index (χ4v) is 5.23. The van der Waals surface area contributed by atoms with E-state index in [9.17, 15) is 4.21 Å².